The predicted octanol–water partition coefficient (Wildman–Crippen LogP) is 1.39. The lowest BCUT2D eigenvalue weighted by Crippen LogP contribution is -2.26. The molecule has 1 amide bonds. The smallest absolute Gasteiger partial charge is 0.252 e. The molecule has 1 fully saturated rings. The first kappa shape index (κ1) is 18.2. The molecule has 3 N–H and O–H groups in total. The van der Waals surface area contributed by atoms with E-state index in [9.17, 15) is 4.79 Å². The summed E-state index contributed by atoms with van der Waals surface area (Å²) in [5.74, 6) is 1.83. The fourth-order valence-electron chi connectivity index (χ4n) is 3.37. The summed E-state index contributed by atoms with van der Waals surface area (Å²) < 4.78 is 0. The Bertz CT molecular complexity index is 919. The number of nitrogens with one attached hydrogen (secondary N) is 3. The predicted molar refractivity (Wildman–Crippen MR) is 105 cm³/mol. The van der Waals surface area contributed by atoms with E-state index < -0.39 is 0 Å². The van der Waals surface area contributed by atoms with E-state index in [1.54, 1.807) is 18.6 Å². The van der Waals surface area contributed by atoms with E-state index >= 15 is 0 Å². The van der Waals surface area contributed by atoms with Crippen LogP contribution in [0.2, 0.25) is 0 Å². The molecule has 1 unspecified atom stereocenters. The van der Waals surface area contributed by atoms with E-state index in [2.05, 4.69) is 35.8 Å². The molecule has 0 bridgehead atoms. The zero-order valence-corrected chi connectivity index (χ0v) is 15.6. The average molecular weight is 377 g/mol. The van der Waals surface area contributed by atoms with Crippen molar-refractivity contribution in [3.63, 3.8) is 0 Å². The summed E-state index contributed by atoms with van der Waals surface area (Å²) in [4.78, 5) is 25.2. The lowest BCUT2D eigenvalue weighted by Gasteiger charge is -2.09. The quantitative estimate of drug-likeness (QED) is 0.574. The minimum atomic E-state index is -0.120. The first-order chi connectivity index (χ1) is 13.8. The number of hydrogen-bond donors (Lipinski definition) is 3. The van der Waals surface area contributed by atoms with Gasteiger partial charge in [0.1, 0.15) is 5.82 Å². The van der Waals surface area contributed by atoms with Crippen LogP contribution in [0.15, 0.2) is 43.0 Å². The van der Waals surface area contributed by atoms with Crippen LogP contribution >= 0.6 is 0 Å². The fourth-order valence-corrected chi connectivity index (χ4v) is 3.37. The first-order valence-corrected chi connectivity index (χ1v) is 9.52. The molecule has 3 aromatic rings. The molecular formula is C20H23N7O. The largest absolute Gasteiger partial charge is 0.352 e. The second kappa shape index (κ2) is 8.71. The number of carbonyl (C=O) groups excluding carboxylic acids is 1. The molecule has 0 saturated carbocycles. The molecule has 1 saturated heterocycles. The second-order valence-corrected chi connectivity index (χ2v) is 7.00. The normalized spacial score (nSPS) is 16.2. The summed E-state index contributed by atoms with van der Waals surface area (Å²) >= 11 is 0. The molecule has 0 spiro atoms. The van der Waals surface area contributed by atoms with Gasteiger partial charge in [-0.25, -0.2) is 4.98 Å². The highest BCUT2D eigenvalue weighted by Crippen LogP contribution is 2.15. The molecule has 0 aromatic carbocycles. The van der Waals surface area contributed by atoms with Gasteiger partial charge in [-0.3, -0.25) is 19.9 Å². The summed E-state index contributed by atoms with van der Waals surface area (Å²) in [7, 11) is 0. The number of hydrogen-bond acceptors (Lipinski definition) is 6. The molecular weight excluding hydrogens is 354 g/mol. The zero-order valence-electron chi connectivity index (χ0n) is 15.6. The van der Waals surface area contributed by atoms with Crippen LogP contribution in [0.4, 0.5) is 0 Å². The second-order valence-electron chi connectivity index (χ2n) is 7.00. The lowest BCUT2D eigenvalue weighted by atomic mass is 9.99. The van der Waals surface area contributed by atoms with Crippen LogP contribution in [0.25, 0.3) is 11.4 Å². The van der Waals surface area contributed by atoms with E-state index in [1.165, 1.54) is 6.42 Å². The van der Waals surface area contributed by atoms with Crippen molar-refractivity contribution in [2.45, 2.75) is 19.3 Å². The Morgan fingerprint density at radius 1 is 1.25 bits per heavy atom. The maximum absolute atomic E-state index is 12.4. The SMILES string of the molecule is O=C(NCCc1nc(-c2cccnc2)n[nH]1)c1cncc(CC2CCNC2)c1. The van der Waals surface area contributed by atoms with Gasteiger partial charge in [-0.1, -0.05) is 0 Å². The minimum Gasteiger partial charge on any atom is -0.352 e. The molecule has 4 rings (SSSR count). The van der Waals surface area contributed by atoms with E-state index in [1.807, 2.05) is 24.4 Å². The highest BCUT2D eigenvalue weighted by molar-refractivity contribution is 5.94. The van der Waals surface area contributed by atoms with Gasteiger partial charge in [-0.15, -0.1) is 0 Å². The maximum atomic E-state index is 12.4. The summed E-state index contributed by atoms with van der Waals surface area (Å²) in [6, 6.07) is 5.69. The number of aromatic amines is 1. The number of H-pyrrole nitrogens is 1. The monoisotopic (exact) mass is 377 g/mol. The van der Waals surface area contributed by atoms with Crippen molar-refractivity contribution < 1.29 is 4.79 Å². The standard InChI is InChI=1S/C20H23N7O/c28-20(17-9-15(11-23-13-17)8-14-3-6-22-10-14)24-7-4-18-25-19(27-26-18)16-2-1-5-21-12-16/h1-2,5,9,11-14,22H,3-4,6-8,10H2,(H,24,28)(H,25,26,27). The van der Waals surface area contributed by atoms with Crippen molar-refractivity contribution in [3.05, 3.63) is 59.9 Å². The Hall–Kier alpha value is -3.13. The molecule has 8 heteroatoms. The number of carbonyl (C=O) groups is 1. The highest BCUT2D eigenvalue weighted by atomic mass is 16.1. The Labute approximate surface area is 163 Å². The Morgan fingerprint density at radius 2 is 2.21 bits per heavy atom. The minimum absolute atomic E-state index is 0.120. The Kier molecular flexibility index (Phi) is 5.67. The first-order valence-electron chi connectivity index (χ1n) is 9.52. The molecule has 1 aliphatic heterocycles. The van der Waals surface area contributed by atoms with Gasteiger partial charge in [-0.05, 0) is 55.6 Å². The van der Waals surface area contributed by atoms with Crippen molar-refractivity contribution in [2.24, 2.45) is 5.92 Å². The van der Waals surface area contributed by atoms with Crippen LogP contribution in [0.5, 0.6) is 0 Å². The van der Waals surface area contributed by atoms with E-state index in [0.717, 1.165) is 36.5 Å². The number of aromatic nitrogens is 5. The van der Waals surface area contributed by atoms with Gasteiger partial charge >= 0.3 is 0 Å². The van der Waals surface area contributed by atoms with Crippen LogP contribution in [-0.4, -0.2) is 50.7 Å². The molecule has 3 aromatic heterocycles. The molecule has 8 nitrogen and oxygen atoms in total. The van der Waals surface area contributed by atoms with Gasteiger partial charge in [0.15, 0.2) is 5.82 Å². The summed E-state index contributed by atoms with van der Waals surface area (Å²) in [5, 5.41) is 13.4. The van der Waals surface area contributed by atoms with Gasteiger partial charge in [-0.2, -0.15) is 5.10 Å². The van der Waals surface area contributed by atoms with Crippen molar-refractivity contribution in [1.82, 2.24) is 35.8 Å². The van der Waals surface area contributed by atoms with Crippen molar-refractivity contribution in [2.75, 3.05) is 19.6 Å². The number of pyridine rings is 2. The molecule has 0 radical (unpaired) electrons. The average Bonchev–Trinajstić information content (AvgIpc) is 3.41. The van der Waals surface area contributed by atoms with Crippen molar-refractivity contribution in [3.8, 4) is 11.4 Å². The Morgan fingerprint density at radius 3 is 3.04 bits per heavy atom. The summed E-state index contributed by atoms with van der Waals surface area (Å²) in [6.45, 7) is 2.58. The van der Waals surface area contributed by atoms with Gasteiger partial charge in [0, 0.05) is 43.3 Å². The summed E-state index contributed by atoms with van der Waals surface area (Å²) in [5.41, 5.74) is 2.56. The van der Waals surface area contributed by atoms with Crippen LogP contribution in [0.1, 0.15) is 28.2 Å². The van der Waals surface area contributed by atoms with Gasteiger partial charge in [0.25, 0.3) is 5.91 Å². The van der Waals surface area contributed by atoms with E-state index in [4.69, 9.17) is 0 Å². The molecule has 0 aliphatic carbocycles. The van der Waals surface area contributed by atoms with Crippen LogP contribution in [0.3, 0.4) is 0 Å². The number of rotatable bonds is 7. The maximum Gasteiger partial charge on any atom is 0.252 e. The lowest BCUT2D eigenvalue weighted by molar-refractivity contribution is 0.0953. The molecule has 1 aliphatic rings. The van der Waals surface area contributed by atoms with Crippen LogP contribution in [0, 0.1) is 5.92 Å². The fraction of sp³-hybridized carbons (Fsp3) is 0.350. The van der Waals surface area contributed by atoms with Gasteiger partial charge in [0.2, 0.25) is 0 Å². The molecule has 4 heterocycles. The van der Waals surface area contributed by atoms with Gasteiger partial charge in [0.05, 0.1) is 5.56 Å². The molecule has 28 heavy (non-hydrogen) atoms. The van der Waals surface area contributed by atoms with E-state index in [0.29, 0.717) is 30.3 Å². The third-order valence-corrected chi connectivity index (χ3v) is 4.84. The third kappa shape index (κ3) is 4.58. The van der Waals surface area contributed by atoms with Crippen molar-refractivity contribution in [1.29, 1.82) is 0 Å². The topological polar surface area (TPSA) is 108 Å². The van der Waals surface area contributed by atoms with Crippen LogP contribution < -0.4 is 10.6 Å². The zero-order chi connectivity index (χ0) is 19.2. The molecule has 1 atom stereocenters. The Balaban J connectivity index is 1.29. The van der Waals surface area contributed by atoms with Crippen LogP contribution in [-0.2, 0) is 12.8 Å². The number of nitrogens with zero attached hydrogens (tertiary/aromatic N) is 4. The summed E-state index contributed by atoms with van der Waals surface area (Å²) in [6.07, 6.45) is 9.59. The van der Waals surface area contributed by atoms with Gasteiger partial charge < -0.3 is 10.6 Å². The van der Waals surface area contributed by atoms with Crippen molar-refractivity contribution >= 4 is 5.91 Å². The van der Waals surface area contributed by atoms with E-state index in [-0.39, 0.29) is 5.91 Å². The highest BCUT2D eigenvalue weighted by Gasteiger charge is 2.16. The number of amides is 1. The molecule has 144 valence electrons. The third-order valence-electron chi connectivity index (χ3n) is 4.84.